The average molecular weight is 1200 g/mol. The van der Waals surface area contributed by atoms with E-state index in [4.69, 9.17) is 53.3 Å². The zero-order chi connectivity index (χ0) is 62.6. The topological polar surface area (TPSA) is 436 Å². The van der Waals surface area contributed by atoms with Gasteiger partial charge in [0.1, 0.15) is 67.9 Å². The van der Waals surface area contributed by atoms with Gasteiger partial charge in [0.05, 0.1) is 62.0 Å². The van der Waals surface area contributed by atoms with Crippen LogP contribution in [0.2, 0.25) is 0 Å². The molecule has 3 amide bonds. The van der Waals surface area contributed by atoms with Gasteiger partial charge in [0.2, 0.25) is 18.5 Å². The van der Waals surface area contributed by atoms with E-state index in [1.807, 2.05) is 0 Å². The van der Waals surface area contributed by atoms with Crippen molar-refractivity contribution in [2.24, 2.45) is 5.90 Å². The number of nitrogens with zero attached hydrogens (tertiary/aromatic N) is 1. The molecule has 2 fully saturated rings. The highest BCUT2D eigenvalue weighted by molar-refractivity contribution is 5.98. The minimum atomic E-state index is -2.00. The lowest BCUT2D eigenvalue weighted by molar-refractivity contribution is -0.271. The minimum absolute atomic E-state index is 0.0623. The molecule has 0 spiro atoms. The van der Waals surface area contributed by atoms with Crippen molar-refractivity contribution in [2.75, 3.05) is 59.3 Å². The van der Waals surface area contributed by atoms with E-state index in [0.29, 0.717) is 11.1 Å². The largest absolute Gasteiger partial charge is 0.479 e. The highest BCUT2D eigenvalue weighted by Gasteiger charge is 2.50. The Morgan fingerprint density at radius 3 is 1.37 bits per heavy atom. The van der Waals surface area contributed by atoms with Crippen LogP contribution in [0.15, 0.2) is 36.4 Å². The molecule has 0 bridgehead atoms. The standard InChI is InChI=1S/C54H80N4O26/c1-28(56-47(68)34-21-32(25-76-30(3)59)9-11-36(34)81-51-43(66)39(62)41(64)45(83-51)49(70)71)23-78-53(5,6)13-15-58(38(61)27-75-18-17-74-19-20-80-55)16-14-54(7,8)79-24-29(2)57-48(69)35-22-33(26-77-31(4)60)10-12-37(35)82-52-44(67)40(63)42(65)46(84-52)50(72)73/h9-12,21-22,28-29,39-46,51-52,62-67H,13-20,23-27,55H2,1-8H3,(H,56,68)(H,57,69)(H,70,71)(H,72,73)/t28?,29?,39-,40-,41-,42-,43+,44+,45-,46-,51+,52+/m0/s1. The van der Waals surface area contributed by atoms with Crippen LogP contribution in [0.25, 0.3) is 0 Å². The summed E-state index contributed by atoms with van der Waals surface area (Å²) in [4.78, 5) is 94.2. The van der Waals surface area contributed by atoms with Crippen LogP contribution in [0.5, 0.6) is 11.5 Å². The maximum absolute atomic E-state index is 13.9. The third kappa shape index (κ3) is 22.0. The molecule has 0 radical (unpaired) electrons. The highest BCUT2D eigenvalue weighted by atomic mass is 16.7. The fraction of sp³-hybridized carbons (Fsp3) is 0.648. The number of benzene rings is 2. The molecule has 30 nitrogen and oxygen atoms in total. The summed E-state index contributed by atoms with van der Waals surface area (Å²) in [7, 11) is 0. The van der Waals surface area contributed by atoms with Gasteiger partial charge in [-0.3, -0.25) is 24.0 Å². The number of nitrogens with two attached hydrogens (primary N) is 1. The number of hydrogen-bond acceptors (Lipinski definition) is 25. The second kappa shape index (κ2) is 32.9. The van der Waals surface area contributed by atoms with Crippen molar-refractivity contribution in [3.05, 3.63) is 58.7 Å². The molecule has 0 aromatic heterocycles. The molecule has 84 heavy (non-hydrogen) atoms. The van der Waals surface area contributed by atoms with Crippen LogP contribution < -0.4 is 26.0 Å². The summed E-state index contributed by atoms with van der Waals surface area (Å²) >= 11 is 0. The van der Waals surface area contributed by atoms with Crippen molar-refractivity contribution < 1.29 is 127 Å². The third-order valence-corrected chi connectivity index (χ3v) is 13.0. The maximum atomic E-state index is 13.9. The third-order valence-electron chi connectivity index (χ3n) is 13.0. The molecule has 2 aliphatic heterocycles. The summed E-state index contributed by atoms with van der Waals surface area (Å²) < 4.78 is 55.7. The number of aliphatic hydroxyl groups excluding tert-OH is 6. The van der Waals surface area contributed by atoms with Gasteiger partial charge in [-0.15, -0.1) is 0 Å². The summed E-state index contributed by atoms with van der Waals surface area (Å²) in [6.45, 7) is 12.8. The van der Waals surface area contributed by atoms with Crippen LogP contribution >= 0.6 is 0 Å². The lowest BCUT2D eigenvalue weighted by Crippen LogP contribution is -2.61. The molecule has 0 aliphatic carbocycles. The molecule has 2 unspecified atom stereocenters. The number of carbonyl (C=O) groups is 7. The van der Waals surface area contributed by atoms with E-state index < -0.39 is 120 Å². The van der Waals surface area contributed by atoms with E-state index in [9.17, 15) is 74.4 Å². The first-order valence-electron chi connectivity index (χ1n) is 26.8. The Bertz CT molecular complexity index is 2360. The van der Waals surface area contributed by atoms with Crippen LogP contribution in [-0.4, -0.2) is 231 Å². The molecule has 2 aromatic rings. The number of carboxylic acids is 2. The number of ether oxygens (including phenoxy) is 10. The van der Waals surface area contributed by atoms with E-state index in [1.165, 1.54) is 50.2 Å². The van der Waals surface area contributed by atoms with Crippen molar-refractivity contribution in [1.29, 1.82) is 0 Å². The van der Waals surface area contributed by atoms with E-state index in [0.717, 1.165) is 0 Å². The molecule has 4 rings (SSSR count). The van der Waals surface area contributed by atoms with E-state index in [2.05, 4.69) is 15.5 Å². The number of aliphatic carboxylic acids is 2. The molecule has 2 aromatic carbocycles. The lowest BCUT2D eigenvalue weighted by Gasteiger charge is -2.38. The number of rotatable bonds is 34. The Morgan fingerprint density at radius 2 is 0.988 bits per heavy atom. The maximum Gasteiger partial charge on any atom is 0.335 e. The SMILES string of the molecule is CC(=O)OCc1ccc(O[C@@H]2O[C@H](C(=O)O)[C@@H](O)[C@H](O)[C@H]2O)c(C(=O)NC(C)COC(C)(C)CCN(CCC(C)(C)OCC(C)NC(=O)c2cc(COC(C)=O)ccc2O[C@@H]2O[C@H](C(=O)O)[C@@H](O)[C@H](O)[C@H]2O)C(=O)COCCOCCON)c1. The zero-order valence-electron chi connectivity index (χ0n) is 48.0. The van der Waals surface area contributed by atoms with Crippen molar-refractivity contribution in [2.45, 2.75) is 166 Å². The van der Waals surface area contributed by atoms with Crippen LogP contribution in [0, 0.1) is 0 Å². The first-order valence-corrected chi connectivity index (χ1v) is 26.8. The Hall–Kier alpha value is -6.23. The van der Waals surface area contributed by atoms with Gasteiger partial charge in [-0.1, -0.05) is 12.1 Å². The molecular formula is C54H80N4O26. The fourth-order valence-corrected chi connectivity index (χ4v) is 8.09. The Morgan fingerprint density at radius 1 is 0.595 bits per heavy atom. The molecule has 2 heterocycles. The summed E-state index contributed by atoms with van der Waals surface area (Å²) in [6, 6.07) is 6.74. The Labute approximate surface area is 484 Å². The van der Waals surface area contributed by atoms with Gasteiger partial charge in [-0.2, -0.15) is 0 Å². The summed E-state index contributed by atoms with van der Waals surface area (Å²) in [6.07, 6.45) is -19.0. The van der Waals surface area contributed by atoms with Gasteiger partial charge in [0, 0.05) is 39.0 Å². The van der Waals surface area contributed by atoms with E-state index in [1.54, 1.807) is 46.4 Å². The van der Waals surface area contributed by atoms with Crippen molar-refractivity contribution in [3.8, 4) is 11.5 Å². The van der Waals surface area contributed by atoms with E-state index >= 15 is 0 Å². The fourth-order valence-electron chi connectivity index (χ4n) is 8.09. The van der Waals surface area contributed by atoms with Crippen LogP contribution in [0.1, 0.15) is 100 Å². The van der Waals surface area contributed by atoms with Crippen LogP contribution in [0.3, 0.4) is 0 Å². The summed E-state index contributed by atoms with van der Waals surface area (Å²) in [5.74, 6) is -1.75. The molecule has 2 aliphatic rings. The number of carboxylic acid groups (broad SMARTS) is 2. The number of esters is 2. The molecule has 0 saturated carbocycles. The van der Waals surface area contributed by atoms with Gasteiger partial charge >= 0.3 is 23.9 Å². The molecule has 12 N–H and O–H groups in total. The van der Waals surface area contributed by atoms with E-state index in [-0.39, 0.29) is 114 Å². The zero-order valence-corrected chi connectivity index (χ0v) is 48.0. The van der Waals surface area contributed by atoms with Crippen LogP contribution in [0.4, 0.5) is 0 Å². The monoisotopic (exact) mass is 1200 g/mol. The van der Waals surface area contributed by atoms with Crippen LogP contribution in [-0.2, 0) is 79.9 Å². The highest BCUT2D eigenvalue weighted by Crippen LogP contribution is 2.31. The Kier molecular flexibility index (Phi) is 27.5. The lowest BCUT2D eigenvalue weighted by atomic mass is 9.99. The van der Waals surface area contributed by atoms with Crippen molar-refractivity contribution >= 4 is 41.6 Å². The predicted molar refractivity (Wildman–Crippen MR) is 285 cm³/mol. The first-order chi connectivity index (χ1) is 39.4. The van der Waals surface area contributed by atoms with Gasteiger partial charge in [0.25, 0.3) is 11.8 Å². The summed E-state index contributed by atoms with van der Waals surface area (Å²) in [5, 5.41) is 86.9. The molecule has 30 heteroatoms. The molecule has 2 saturated heterocycles. The predicted octanol–water partition coefficient (Wildman–Crippen LogP) is -1.59. The quantitative estimate of drug-likeness (QED) is 0.0214. The number of aliphatic hydroxyl groups is 6. The van der Waals surface area contributed by atoms with Crippen molar-refractivity contribution in [3.63, 3.8) is 0 Å². The smallest absolute Gasteiger partial charge is 0.335 e. The number of carbonyl (C=O) groups excluding carboxylic acids is 5. The van der Waals surface area contributed by atoms with Gasteiger partial charge < -0.3 is 109 Å². The van der Waals surface area contributed by atoms with Crippen molar-refractivity contribution in [1.82, 2.24) is 15.5 Å². The normalized spacial score (nSPS) is 23.3. The molecule has 472 valence electrons. The number of nitrogens with one attached hydrogen (secondary N) is 2. The number of hydrogen-bond donors (Lipinski definition) is 11. The molecular weight excluding hydrogens is 1120 g/mol. The van der Waals surface area contributed by atoms with Gasteiger partial charge in [-0.05, 0) is 89.8 Å². The summed E-state index contributed by atoms with van der Waals surface area (Å²) in [5.41, 5.74) is -1.47. The first kappa shape index (κ1) is 70.3. The second-order valence-corrected chi connectivity index (χ2v) is 21.2. The van der Waals surface area contributed by atoms with Gasteiger partial charge in [0.15, 0.2) is 12.2 Å². The minimum Gasteiger partial charge on any atom is -0.479 e. The average Bonchev–Trinajstić information content (AvgIpc) is 2.08. The van der Waals surface area contributed by atoms with Gasteiger partial charge in [-0.25, -0.2) is 15.5 Å². The second-order valence-electron chi connectivity index (χ2n) is 21.2. The number of amides is 3. The Balaban J connectivity index is 1.42. The molecule has 12 atom stereocenters.